The molecule has 0 saturated heterocycles. The highest BCUT2D eigenvalue weighted by atomic mass is 35.5. The van der Waals surface area contributed by atoms with Gasteiger partial charge in [0.2, 0.25) is 11.5 Å². The van der Waals surface area contributed by atoms with E-state index in [0.29, 0.717) is 4.40 Å². The predicted octanol–water partition coefficient (Wildman–Crippen LogP) is 1.87. The first-order chi connectivity index (χ1) is 11.0. The molecule has 1 aromatic carbocycles. The number of fused-ring (bicyclic) bond motifs is 3. The second-order valence-corrected chi connectivity index (χ2v) is 6.75. The lowest BCUT2D eigenvalue weighted by atomic mass is 10.2. The number of nitrogens with zero attached hydrogens (tertiary/aromatic N) is 4. The normalized spacial score (nSPS) is 12.9. The van der Waals surface area contributed by atoms with Crippen LogP contribution in [-0.2, 0) is 16.3 Å². The SMILES string of the molecule is CS(=O)(=O)Oc1cc(Cl)cc2c1nc(N)c1nnc(C(F)(F)F)n12. The smallest absolute Gasteiger partial charge is 0.381 e. The van der Waals surface area contributed by atoms with Gasteiger partial charge in [-0.15, -0.1) is 10.2 Å². The maximum Gasteiger partial charge on any atom is 0.452 e. The summed E-state index contributed by atoms with van der Waals surface area (Å²) < 4.78 is 67.4. The summed E-state index contributed by atoms with van der Waals surface area (Å²) in [5.74, 6) is -2.11. The van der Waals surface area contributed by atoms with Gasteiger partial charge in [-0.1, -0.05) is 11.6 Å². The highest BCUT2D eigenvalue weighted by Crippen LogP contribution is 2.35. The number of nitrogens with two attached hydrogens (primary N) is 1. The van der Waals surface area contributed by atoms with Crippen molar-refractivity contribution in [1.29, 1.82) is 0 Å². The van der Waals surface area contributed by atoms with Crippen LogP contribution in [0.1, 0.15) is 5.82 Å². The minimum absolute atomic E-state index is 0.0733. The highest BCUT2D eigenvalue weighted by Gasteiger charge is 2.38. The van der Waals surface area contributed by atoms with Crippen LogP contribution >= 0.6 is 11.6 Å². The maximum atomic E-state index is 13.1. The van der Waals surface area contributed by atoms with Crippen molar-refractivity contribution in [2.45, 2.75) is 6.18 Å². The summed E-state index contributed by atoms with van der Waals surface area (Å²) in [6.45, 7) is 0. The third-order valence-electron chi connectivity index (χ3n) is 2.88. The molecule has 24 heavy (non-hydrogen) atoms. The Balaban J connectivity index is 2.50. The Morgan fingerprint density at radius 3 is 2.54 bits per heavy atom. The van der Waals surface area contributed by atoms with Gasteiger partial charge in [0.1, 0.15) is 5.52 Å². The van der Waals surface area contributed by atoms with Crippen LogP contribution in [0.25, 0.3) is 16.7 Å². The summed E-state index contributed by atoms with van der Waals surface area (Å²) >= 11 is 5.86. The van der Waals surface area contributed by atoms with Gasteiger partial charge < -0.3 is 9.92 Å². The number of halogens is 4. The summed E-state index contributed by atoms with van der Waals surface area (Å²) in [5, 5.41) is 6.38. The molecule has 8 nitrogen and oxygen atoms in total. The second-order valence-electron chi connectivity index (χ2n) is 4.74. The van der Waals surface area contributed by atoms with Crippen molar-refractivity contribution in [2.75, 3.05) is 12.0 Å². The van der Waals surface area contributed by atoms with E-state index in [1.165, 1.54) is 0 Å². The molecule has 2 heterocycles. The Kier molecular flexibility index (Phi) is 3.49. The van der Waals surface area contributed by atoms with Crippen LogP contribution in [0.5, 0.6) is 5.75 Å². The van der Waals surface area contributed by atoms with Gasteiger partial charge in [-0.25, -0.2) is 4.98 Å². The summed E-state index contributed by atoms with van der Waals surface area (Å²) in [4.78, 5) is 3.86. The van der Waals surface area contributed by atoms with Crippen molar-refractivity contribution in [3.63, 3.8) is 0 Å². The largest absolute Gasteiger partial charge is 0.452 e. The van der Waals surface area contributed by atoms with Crippen molar-refractivity contribution >= 4 is 44.2 Å². The molecule has 0 saturated carbocycles. The van der Waals surface area contributed by atoms with Crippen LogP contribution in [0.2, 0.25) is 5.02 Å². The highest BCUT2D eigenvalue weighted by molar-refractivity contribution is 7.86. The molecular formula is C11H7ClF3N5O3S. The molecule has 2 aromatic heterocycles. The summed E-state index contributed by atoms with van der Waals surface area (Å²) in [6, 6.07) is 2.24. The van der Waals surface area contributed by atoms with E-state index in [-0.39, 0.29) is 33.3 Å². The molecule has 13 heteroatoms. The molecule has 2 N–H and O–H groups in total. The van der Waals surface area contributed by atoms with Gasteiger partial charge in [0.25, 0.3) is 0 Å². The molecule has 0 amide bonds. The molecule has 0 unspecified atom stereocenters. The lowest BCUT2D eigenvalue weighted by molar-refractivity contribution is -0.145. The lowest BCUT2D eigenvalue weighted by Gasteiger charge is -2.11. The van der Waals surface area contributed by atoms with E-state index in [2.05, 4.69) is 15.2 Å². The average Bonchev–Trinajstić information content (AvgIpc) is 2.84. The van der Waals surface area contributed by atoms with Crippen molar-refractivity contribution in [3.05, 3.63) is 23.0 Å². The van der Waals surface area contributed by atoms with E-state index >= 15 is 0 Å². The maximum absolute atomic E-state index is 13.1. The first kappa shape index (κ1) is 16.5. The standard InChI is InChI=1S/C11H7ClF3N5O3S/c1-24(21,22)23-6-3-4(12)2-5-7(6)17-8(16)9-18-19-10(20(5)9)11(13,14)15/h2-3H,1H3,(H2,16,17). The van der Waals surface area contributed by atoms with Crippen molar-refractivity contribution in [1.82, 2.24) is 19.6 Å². The number of rotatable bonds is 2. The molecule has 0 bridgehead atoms. The molecule has 3 rings (SSSR count). The molecule has 0 aliphatic carbocycles. The first-order valence-electron chi connectivity index (χ1n) is 6.08. The quantitative estimate of drug-likeness (QED) is 0.674. The third-order valence-corrected chi connectivity index (χ3v) is 3.58. The molecule has 0 aliphatic heterocycles. The van der Waals surface area contributed by atoms with Gasteiger partial charge in [-0.3, -0.25) is 4.40 Å². The Hall–Kier alpha value is -2.34. The van der Waals surface area contributed by atoms with Crippen LogP contribution in [0.3, 0.4) is 0 Å². The fraction of sp³-hybridized carbons (Fsp3) is 0.182. The average molecular weight is 382 g/mol. The molecule has 0 spiro atoms. The summed E-state index contributed by atoms with van der Waals surface area (Å²) in [7, 11) is -3.98. The van der Waals surface area contributed by atoms with Crippen LogP contribution in [0.15, 0.2) is 12.1 Å². The third kappa shape index (κ3) is 2.78. The van der Waals surface area contributed by atoms with Crippen molar-refractivity contribution in [3.8, 4) is 5.75 Å². The van der Waals surface area contributed by atoms with E-state index < -0.39 is 22.1 Å². The monoisotopic (exact) mass is 381 g/mol. The van der Waals surface area contributed by atoms with E-state index in [4.69, 9.17) is 21.5 Å². The molecule has 0 aliphatic rings. The van der Waals surface area contributed by atoms with Crippen LogP contribution in [-0.4, -0.2) is 34.3 Å². The number of alkyl halides is 3. The summed E-state index contributed by atoms with van der Waals surface area (Å²) in [6.07, 6.45) is -4.07. The van der Waals surface area contributed by atoms with Crippen LogP contribution in [0, 0.1) is 0 Å². The van der Waals surface area contributed by atoms with Gasteiger partial charge in [0, 0.05) is 11.1 Å². The predicted molar refractivity (Wildman–Crippen MR) is 78.2 cm³/mol. The molecule has 3 aromatic rings. The zero-order chi connectivity index (χ0) is 17.9. The van der Waals surface area contributed by atoms with Crippen molar-refractivity contribution < 1.29 is 25.8 Å². The van der Waals surface area contributed by atoms with Crippen LogP contribution in [0.4, 0.5) is 19.0 Å². The Bertz CT molecular complexity index is 1080. The van der Waals surface area contributed by atoms with E-state index in [1.807, 2.05) is 0 Å². The zero-order valence-corrected chi connectivity index (χ0v) is 13.2. The number of benzene rings is 1. The van der Waals surface area contributed by atoms with Gasteiger partial charge >= 0.3 is 16.3 Å². The minimum Gasteiger partial charge on any atom is -0.381 e. The van der Waals surface area contributed by atoms with E-state index in [0.717, 1.165) is 18.4 Å². The molecule has 0 atom stereocenters. The van der Waals surface area contributed by atoms with Gasteiger partial charge in [0.05, 0.1) is 11.8 Å². The van der Waals surface area contributed by atoms with Gasteiger partial charge in [-0.2, -0.15) is 21.6 Å². The van der Waals surface area contributed by atoms with Gasteiger partial charge in [-0.05, 0) is 6.07 Å². The second kappa shape index (κ2) is 5.08. The Labute approximate surface area is 137 Å². The fourth-order valence-electron chi connectivity index (χ4n) is 2.10. The van der Waals surface area contributed by atoms with E-state index in [9.17, 15) is 21.6 Å². The minimum atomic E-state index is -4.83. The summed E-state index contributed by atoms with van der Waals surface area (Å²) in [5.41, 5.74) is 4.82. The zero-order valence-electron chi connectivity index (χ0n) is 11.7. The Morgan fingerprint density at radius 1 is 1.29 bits per heavy atom. The number of anilines is 1. The fourth-order valence-corrected chi connectivity index (χ4v) is 2.76. The van der Waals surface area contributed by atoms with Crippen LogP contribution < -0.4 is 9.92 Å². The van der Waals surface area contributed by atoms with Gasteiger partial charge in [0.15, 0.2) is 11.6 Å². The number of nitrogen functional groups attached to an aromatic ring is 1. The molecule has 0 radical (unpaired) electrons. The van der Waals surface area contributed by atoms with Crippen molar-refractivity contribution in [2.24, 2.45) is 0 Å². The lowest BCUT2D eigenvalue weighted by Crippen LogP contribution is -2.13. The number of aromatic nitrogens is 4. The Morgan fingerprint density at radius 2 is 1.96 bits per heavy atom. The first-order valence-corrected chi connectivity index (χ1v) is 8.27. The molecular weight excluding hydrogens is 375 g/mol. The number of hydrogen-bond donors (Lipinski definition) is 1. The number of hydrogen-bond acceptors (Lipinski definition) is 7. The topological polar surface area (TPSA) is 112 Å². The molecule has 128 valence electrons. The molecule has 0 fully saturated rings. The van der Waals surface area contributed by atoms with E-state index in [1.54, 1.807) is 0 Å².